The van der Waals surface area contributed by atoms with E-state index in [4.69, 9.17) is 5.11 Å². The summed E-state index contributed by atoms with van der Waals surface area (Å²) in [5.41, 5.74) is -1.36. The lowest BCUT2D eigenvalue weighted by molar-refractivity contribution is -0.143. The average Bonchev–Trinajstić information content (AvgIpc) is 2.26. The SMILES string of the molecule is CCC(C)(NC(=O)NC(C)C(=O)OC)C(=O)O. The zero-order chi connectivity index (χ0) is 13.6. The molecule has 2 unspecified atom stereocenters. The van der Waals surface area contributed by atoms with Gasteiger partial charge in [-0.25, -0.2) is 14.4 Å². The number of nitrogens with one attached hydrogen (secondary N) is 2. The molecule has 2 amide bonds. The van der Waals surface area contributed by atoms with Gasteiger partial charge in [0.05, 0.1) is 7.11 Å². The number of urea groups is 1. The molecular weight excluding hydrogens is 228 g/mol. The van der Waals surface area contributed by atoms with E-state index >= 15 is 0 Å². The van der Waals surface area contributed by atoms with Gasteiger partial charge in [0, 0.05) is 0 Å². The first-order valence-corrected chi connectivity index (χ1v) is 5.16. The van der Waals surface area contributed by atoms with Crippen molar-refractivity contribution in [3.63, 3.8) is 0 Å². The zero-order valence-electron chi connectivity index (χ0n) is 10.4. The minimum absolute atomic E-state index is 0.225. The molecule has 7 nitrogen and oxygen atoms in total. The predicted octanol–water partition coefficient (Wildman–Crippen LogP) is 0.100. The van der Waals surface area contributed by atoms with Crippen molar-refractivity contribution < 1.29 is 24.2 Å². The molecule has 0 radical (unpaired) electrons. The molecule has 0 bridgehead atoms. The molecule has 0 spiro atoms. The highest BCUT2D eigenvalue weighted by Gasteiger charge is 2.33. The summed E-state index contributed by atoms with van der Waals surface area (Å²) in [6.45, 7) is 4.46. The van der Waals surface area contributed by atoms with Crippen LogP contribution in [0.25, 0.3) is 0 Å². The Morgan fingerprint density at radius 2 is 1.94 bits per heavy atom. The van der Waals surface area contributed by atoms with Crippen molar-refractivity contribution in [3.8, 4) is 0 Å². The van der Waals surface area contributed by atoms with E-state index in [1.807, 2.05) is 0 Å². The fraction of sp³-hybridized carbons (Fsp3) is 0.700. The van der Waals surface area contributed by atoms with Crippen LogP contribution >= 0.6 is 0 Å². The van der Waals surface area contributed by atoms with Crippen LogP contribution in [0.2, 0.25) is 0 Å². The van der Waals surface area contributed by atoms with Gasteiger partial charge < -0.3 is 20.5 Å². The number of carbonyl (C=O) groups excluding carboxylic acids is 2. The van der Waals surface area contributed by atoms with E-state index in [1.54, 1.807) is 6.92 Å². The van der Waals surface area contributed by atoms with Gasteiger partial charge in [0.15, 0.2) is 0 Å². The summed E-state index contributed by atoms with van der Waals surface area (Å²) in [5.74, 6) is -1.74. The quantitative estimate of drug-likeness (QED) is 0.597. The van der Waals surface area contributed by atoms with Crippen LogP contribution in [0.5, 0.6) is 0 Å². The third-order valence-electron chi connectivity index (χ3n) is 2.47. The molecule has 7 heteroatoms. The highest BCUT2D eigenvalue weighted by Crippen LogP contribution is 2.08. The van der Waals surface area contributed by atoms with E-state index in [9.17, 15) is 14.4 Å². The molecule has 3 N–H and O–H groups in total. The Morgan fingerprint density at radius 1 is 1.41 bits per heavy atom. The fourth-order valence-electron chi connectivity index (χ4n) is 1.01. The van der Waals surface area contributed by atoms with Gasteiger partial charge in [-0.05, 0) is 20.3 Å². The minimum Gasteiger partial charge on any atom is -0.480 e. The molecule has 17 heavy (non-hydrogen) atoms. The van der Waals surface area contributed by atoms with E-state index in [0.29, 0.717) is 0 Å². The Morgan fingerprint density at radius 3 is 2.29 bits per heavy atom. The van der Waals surface area contributed by atoms with Crippen LogP contribution in [0, 0.1) is 0 Å². The highest BCUT2D eigenvalue weighted by molar-refractivity contribution is 5.88. The summed E-state index contributed by atoms with van der Waals surface area (Å²) in [5, 5.41) is 13.5. The Bertz CT molecular complexity index is 318. The zero-order valence-corrected chi connectivity index (χ0v) is 10.4. The molecule has 0 heterocycles. The Hall–Kier alpha value is -1.79. The minimum atomic E-state index is -1.36. The molecule has 0 aliphatic carbocycles. The van der Waals surface area contributed by atoms with Gasteiger partial charge in [-0.15, -0.1) is 0 Å². The molecular formula is C10H18N2O5. The molecule has 0 rings (SSSR count). The van der Waals surface area contributed by atoms with Crippen molar-refractivity contribution in [2.75, 3.05) is 7.11 Å². The summed E-state index contributed by atoms with van der Waals surface area (Å²) in [4.78, 5) is 33.4. The van der Waals surface area contributed by atoms with Gasteiger partial charge in [-0.2, -0.15) is 0 Å². The maximum atomic E-state index is 11.5. The number of aliphatic carboxylic acids is 1. The lowest BCUT2D eigenvalue weighted by atomic mass is 10.00. The maximum absolute atomic E-state index is 11.5. The van der Waals surface area contributed by atoms with Crippen molar-refractivity contribution in [3.05, 3.63) is 0 Å². The van der Waals surface area contributed by atoms with Gasteiger partial charge in [-0.1, -0.05) is 6.92 Å². The van der Waals surface area contributed by atoms with Crippen LogP contribution in [-0.2, 0) is 14.3 Å². The average molecular weight is 246 g/mol. The molecule has 0 aromatic rings. The number of carbonyl (C=O) groups is 3. The van der Waals surface area contributed by atoms with Gasteiger partial charge in [0.1, 0.15) is 11.6 Å². The first-order chi connectivity index (χ1) is 7.76. The van der Waals surface area contributed by atoms with Crippen LogP contribution in [0.1, 0.15) is 27.2 Å². The predicted molar refractivity (Wildman–Crippen MR) is 59.5 cm³/mol. The number of rotatable bonds is 5. The number of hydrogen-bond acceptors (Lipinski definition) is 4. The van der Waals surface area contributed by atoms with Gasteiger partial charge in [-0.3, -0.25) is 0 Å². The lowest BCUT2D eigenvalue weighted by Crippen LogP contribution is -2.56. The standard InChI is InChI=1S/C10H18N2O5/c1-5-10(3,8(14)15)12-9(16)11-6(2)7(13)17-4/h6H,5H2,1-4H3,(H,14,15)(H2,11,12,16). The summed E-state index contributed by atoms with van der Waals surface area (Å²) in [6, 6.07) is -1.57. The smallest absolute Gasteiger partial charge is 0.329 e. The normalized spacial score (nSPS) is 15.3. The molecule has 0 fully saturated rings. The van der Waals surface area contributed by atoms with E-state index in [2.05, 4.69) is 15.4 Å². The second kappa shape index (κ2) is 6.07. The number of carboxylic acid groups (broad SMARTS) is 1. The largest absolute Gasteiger partial charge is 0.480 e. The lowest BCUT2D eigenvalue weighted by Gasteiger charge is -2.25. The molecule has 98 valence electrons. The molecule has 2 atom stereocenters. The summed E-state index contributed by atoms with van der Waals surface area (Å²) in [7, 11) is 1.20. The van der Waals surface area contributed by atoms with Crippen LogP contribution < -0.4 is 10.6 Å². The van der Waals surface area contributed by atoms with Crippen molar-refractivity contribution in [2.24, 2.45) is 0 Å². The van der Waals surface area contributed by atoms with Crippen molar-refractivity contribution in [2.45, 2.75) is 38.8 Å². The molecule has 0 saturated heterocycles. The highest BCUT2D eigenvalue weighted by atomic mass is 16.5. The van der Waals surface area contributed by atoms with E-state index in [1.165, 1.54) is 21.0 Å². The third-order valence-corrected chi connectivity index (χ3v) is 2.47. The number of carboxylic acids is 1. The van der Waals surface area contributed by atoms with Crippen molar-refractivity contribution in [1.82, 2.24) is 10.6 Å². The molecule has 0 aliphatic heterocycles. The summed E-state index contributed by atoms with van der Waals surface area (Å²) < 4.78 is 4.42. The Balaban J connectivity index is 4.45. The number of methoxy groups -OCH3 is 1. The van der Waals surface area contributed by atoms with Crippen molar-refractivity contribution in [1.29, 1.82) is 0 Å². The van der Waals surface area contributed by atoms with Gasteiger partial charge in [0.25, 0.3) is 0 Å². The number of hydrogen-bond donors (Lipinski definition) is 3. The first-order valence-electron chi connectivity index (χ1n) is 5.16. The van der Waals surface area contributed by atoms with Gasteiger partial charge >= 0.3 is 18.0 Å². The van der Waals surface area contributed by atoms with Crippen LogP contribution in [-0.4, -0.2) is 41.8 Å². The topological polar surface area (TPSA) is 105 Å². The molecule has 0 aromatic heterocycles. The Kier molecular flexibility index (Phi) is 5.43. The number of esters is 1. The maximum Gasteiger partial charge on any atom is 0.329 e. The number of ether oxygens (including phenoxy) is 1. The summed E-state index contributed by atoms with van der Waals surface area (Å²) in [6.07, 6.45) is 0.225. The van der Waals surface area contributed by atoms with Crippen molar-refractivity contribution >= 4 is 18.0 Å². The molecule has 0 aromatic carbocycles. The second-order valence-corrected chi connectivity index (χ2v) is 3.83. The van der Waals surface area contributed by atoms with Crippen LogP contribution in [0.3, 0.4) is 0 Å². The van der Waals surface area contributed by atoms with E-state index < -0.39 is 29.6 Å². The number of amides is 2. The third kappa shape index (κ3) is 4.29. The van der Waals surface area contributed by atoms with E-state index in [-0.39, 0.29) is 6.42 Å². The summed E-state index contributed by atoms with van der Waals surface area (Å²) >= 11 is 0. The monoisotopic (exact) mass is 246 g/mol. The van der Waals surface area contributed by atoms with Gasteiger partial charge in [0.2, 0.25) is 0 Å². The second-order valence-electron chi connectivity index (χ2n) is 3.83. The molecule has 0 saturated carbocycles. The first kappa shape index (κ1) is 15.2. The fourth-order valence-corrected chi connectivity index (χ4v) is 1.01. The van der Waals surface area contributed by atoms with Crippen LogP contribution in [0.4, 0.5) is 4.79 Å². The van der Waals surface area contributed by atoms with E-state index in [0.717, 1.165) is 0 Å². The Labute approximate surface area is 99.5 Å². The molecule has 0 aliphatic rings. The van der Waals surface area contributed by atoms with Crippen LogP contribution in [0.15, 0.2) is 0 Å².